The average Bonchev–Trinajstić information content (AvgIpc) is 3.05. The number of rotatable bonds is 3. The van der Waals surface area contributed by atoms with Crippen molar-refractivity contribution < 1.29 is 10.2 Å². The van der Waals surface area contributed by atoms with E-state index >= 15 is 0 Å². The quantitative estimate of drug-likeness (QED) is 0.747. The number of hydrogen-bond donors (Lipinski definition) is 3. The van der Waals surface area contributed by atoms with Gasteiger partial charge in [-0.25, -0.2) is 9.97 Å². The van der Waals surface area contributed by atoms with Crippen LogP contribution in [0.4, 0.5) is 5.69 Å². The van der Waals surface area contributed by atoms with Crippen molar-refractivity contribution in [3.05, 3.63) is 17.5 Å². The zero-order chi connectivity index (χ0) is 14.7. The first-order valence-corrected chi connectivity index (χ1v) is 7.62. The topological polar surface area (TPSA) is 83.2 Å². The average molecular weight is 309 g/mol. The van der Waals surface area contributed by atoms with E-state index in [1.165, 1.54) is 0 Å². The number of pyridine rings is 1. The monoisotopic (exact) mass is 308 g/mol. The van der Waals surface area contributed by atoms with E-state index in [-0.39, 0.29) is 12.0 Å². The number of anilines is 1. The lowest BCUT2D eigenvalue weighted by Crippen LogP contribution is -2.31. The number of aliphatic hydroxyl groups is 2. The van der Waals surface area contributed by atoms with Crippen LogP contribution in [0.25, 0.3) is 11.2 Å². The summed E-state index contributed by atoms with van der Waals surface area (Å²) < 4.78 is 1.87. The molecule has 2 fully saturated rings. The highest BCUT2D eigenvalue weighted by Crippen LogP contribution is 2.57. The Morgan fingerprint density at radius 1 is 1.38 bits per heavy atom. The maximum absolute atomic E-state index is 10.3. The largest absolute Gasteiger partial charge is 0.390 e. The smallest absolute Gasteiger partial charge is 0.164 e. The van der Waals surface area contributed by atoms with Gasteiger partial charge in [0.1, 0.15) is 16.8 Å². The SMILES string of the molecule is CCNc1cc(Cl)nc2c1ncn2[C@H]1[C@H](O)[C@H](O)[C@@H]2C[C@@H]21. The number of imidazole rings is 1. The van der Waals surface area contributed by atoms with Crippen LogP contribution < -0.4 is 5.32 Å². The molecular formula is C14H17ClN4O2. The fourth-order valence-electron chi connectivity index (χ4n) is 3.62. The van der Waals surface area contributed by atoms with Gasteiger partial charge in [-0.15, -0.1) is 0 Å². The van der Waals surface area contributed by atoms with Crippen molar-refractivity contribution in [1.82, 2.24) is 14.5 Å². The third kappa shape index (κ3) is 1.86. The molecule has 21 heavy (non-hydrogen) atoms. The Kier molecular flexibility index (Phi) is 2.89. The van der Waals surface area contributed by atoms with E-state index in [4.69, 9.17) is 11.6 Å². The normalized spacial score (nSPS) is 34.2. The molecule has 0 spiro atoms. The van der Waals surface area contributed by atoms with Crippen LogP contribution in [0.15, 0.2) is 12.4 Å². The van der Waals surface area contributed by atoms with Gasteiger partial charge >= 0.3 is 0 Å². The number of fused-ring (bicyclic) bond motifs is 2. The predicted octanol–water partition coefficient (Wildman–Crippen LogP) is 1.43. The molecule has 7 heteroatoms. The molecule has 2 aromatic heterocycles. The zero-order valence-electron chi connectivity index (χ0n) is 11.6. The minimum atomic E-state index is -0.769. The fourth-order valence-corrected chi connectivity index (χ4v) is 3.81. The second kappa shape index (κ2) is 4.56. The summed E-state index contributed by atoms with van der Waals surface area (Å²) in [6.07, 6.45) is 1.22. The minimum Gasteiger partial charge on any atom is -0.390 e. The number of hydrogen-bond acceptors (Lipinski definition) is 5. The third-order valence-electron chi connectivity index (χ3n) is 4.66. The summed E-state index contributed by atoms with van der Waals surface area (Å²) in [5, 5.41) is 23.9. The van der Waals surface area contributed by atoms with Crippen LogP contribution in [0.5, 0.6) is 0 Å². The molecule has 2 saturated carbocycles. The first-order chi connectivity index (χ1) is 10.1. The Labute approximate surface area is 126 Å². The van der Waals surface area contributed by atoms with Crippen LogP contribution in [0.2, 0.25) is 5.15 Å². The van der Waals surface area contributed by atoms with Gasteiger partial charge in [0.2, 0.25) is 0 Å². The summed E-state index contributed by atoms with van der Waals surface area (Å²) >= 11 is 6.10. The summed E-state index contributed by atoms with van der Waals surface area (Å²) in [4.78, 5) is 8.79. The van der Waals surface area contributed by atoms with E-state index in [1.54, 1.807) is 12.4 Å². The van der Waals surface area contributed by atoms with Gasteiger partial charge in [-0.3, -0.25) is 0 Å². The first kappa shape index (κ1) is 13.3. The molecule has 0 saturated heterocycles. The van der Waals surface area contributed by atoms with Crippen LogP contribution in [0.1, 0.15) is 19.4 Å². The predicted molar refractivity (Wildman–Crippen MR) is 79.3 cm³/mol. The molecule has 6 nitrogen and oxygen atoms in total. The molecular weight excluding hydrogens is 292 g/mol. The van der Waals surface area contributed by atoms with Gasteiger partial charge in [-0.05, 0) is 25.2 Å². The van der Waals surface area contributed by atoms with Crippen molar-refractivity contribution in [2.75, 3.05) is 11.9 Å². The summed E-state index contributed by atoms with van der Waals surface area (Å²) in [5.74, 6) is 0.505. The molecule has 0 aromatic carbocycles. The molecule has 3 N–H and O–H groups in total. The number of nitrogens with zero attached hydrogens (tertiary/aromatic N) is 3. The number of aliphatic hydroxyl groups excluding tert-OH is 2. The van der Waals surface area contributed by atoms with Gasteiger partial charge < -0.3 is 20.1 Å². The Balaban J connectivity index is 1.83. The van der Waals surface area contributed by atoms with E-state index < -0.39 is 12.2 Å². The summed E-state index contributed by atoms with van der Waals surface area (Å²) in [6.45, 7) is 2.76. The minimum absolute atomic E-state index is 0.171. The van der Waals surface area contributed by atoms with Gasteiger partial charge in [-0.1, -0.05) is 11.6 Å². The van der Waals surface area contributed by atoms with Crippen LogP contribution in [0.3, 0.4) is 0 Å². The van der Waals surface area contributed by atoms with Crippen LogP contribution in [-0.4, -0.2) is 43.5 Å². The summed E-state index contributed by atoms with van der Waals surface area (Å²) in [6, 6.07) is 1.58. The van der Waals surface area contributed by atoms with Crippen LogP contribution in [-0.2, 0) is 0 Å². The van der Waals surface area contributed by atoms with Crippen molar-refractivity contribution in [3.8, 4) is 0 Å². The summed E-state index contributed by atoms with van der Waals surface area (Å²) in [5.41, 5.74) is 2.24. The van der Waals surface area contributed by atoms with Crippen molar-refractivity contribution in [1.29, 1.82) is 0 Å². The van der Waals surface area contributed by atoms with Crippen molar-refractivity contribution in [2.24, 2.45) is 11.8 Å². The highest BCUT2D eigenvalue weighted by atomic mass is 35.5. The van der Waals surface area contributed by atoms with E-state index in [9.17, 15) is 10.2 Å². The molecule has 4 rings (SSSR count). The fraction of sp³-hybridized carbons (Fsp3) is 0.571. The lowest BCUT2D eigenvalue weighted by atomic mass is 10.1. The van der Waals surface area contributed by atoms with Crippen molar-refractivity contribution in [3.63, 3.8) is 0 Å². The molecule has 0 amide bonds. The number of aromatic nitrogens is 3. The number of halogens is 1. The second-order valence-corrected chi connectivity index (χ2v) is 6.27. The molecule has 5 atom stereocenters. The Hall–Kier alpha value is -1.37. The maximum atomic E-state index is 10.3. The van der Waals surface area contributed by atoms with Gasteiger partial charge in [0, 0.05) is 12.6 Å². The Bertz CT molecular complexity index is 704. The van der Waals surface area contributed by atoms with Crippen LogP contribution in [0, 0.1) is 11.8 Å². The molecule has 0 radical (unpaired) electrons. The lowest BCUT2D eigenvalue weighted by molar-refractivity contribution is 0.00386. The molecule has 2 heterocycles. The van der Waals surface area contributed by atoms with Crippen LogP contribution >= 0.6 is 11.6 Å². The molecule has 0 unspecified atom stereocenters. The molecule has 0 bridgehead atoms. The number of nitrogens with one attached hydrogen (secondary N) is 1. The third-order valence-corrected chi connectivity index (χ3v) is 4.85. The van der Waals surface area contributed by atoms with Gasteiger partial charge in [0.25, 0.3) is 0 Å². The van der Waals surface area contributed by atoms with E-state index in [0.29, 0.717) is 16.7 Å². The lowest BCUT2D eigenvalue weighted by Gasteiger charge is -2.22. The second-order valence-electron chi connectivity index (χ2n) is 5.88. The van der Waals surface area contributed by atoms with Gasteiger partial charge in [0.15, 0.2) is 5.65 Å². The van der Waals surface area contributed by atoms with E-state index in [1.807, 2.05) is 11.5 Å². The van der Waals surface area contributed by atoms with E-state index in [2.05, 4.69) is 15.3 Å². The zero-order valence-corrected chi connectivity index (χ0v) is 12.3. The maximum Gasteiger partial charge on any atom is 0.164 e. The van der Waals surface area contributed by atoms with Gasteiger partial charge in [-0.2, -0.15) is 0 Å². The highest BCUT2D eigenvalue weighted by Gasteiger charge is 2.60. The summed E-state index contributed by atoms with van der Waals surface area (Å²) in [7, 11) is 0. The molecule has 2 aromatic rings. The Morgan fingerprint density at radius 3 is 2.86 bits per heavy atom. The molecule has 2 aliphatic rings. The van der Waals surface area contributed by atoms with Gasteiger partial charge in [0.05, 0.1) is 24.2 Å². The molecule has 2 aliphatic carbocycles. The van der Waals surface area contributed by atoms with Crippen molar-refractivity contribution >= 4 is 28.5 Å². The highest BCUT2D eigenvalue weighted by molar-refractivity contribution is 6.30. The first-order valence-electron chi connectivity index (χ1n) is 7.25. The van der Waals surface area contributed by atoms with Crippen molar-refractivity contribution in [2.45, 2.75) is 31.6 Å². The molecule has 112 valence electrons. The standard InChI is InChI=1S/C14H17ClN4O2/c1-2-16-8-4-9(15)18-14-10(8)17-5-19(14)11-6-3-7(6)12(20)13(11)21/h4-7,11-13,20-21H,2-3H2,1H3,(H,16,18)/t6-,7+,11+,12+,13-/m0/s1. The Morgan fingerprint density at radius 2 is 2.19 bits per heavy atom. The molecule has 0 aliphatic heterocycles. The van der Waals surface area contributed by atoms with E-state index in [0.717, 1.165) is 24.2 Å².